The number of aromatic nitrogens is 2. The van der Waals surface area contributed by atoms with E-state index >= 15 is 4.39 Å². The fraction of sp³-hybridized carbons (Fsp3) is 0.423. The third kappa shape index (κ3) is 6.61. The molecule has 0 spiro atoms. The lowest BCUT2D eigenvalue weighted by molar-refractivity contribution is -0.192. The first-order chi connectivity index (χ1) is 19.8. The number of hydrogen-bond acceptors (Lipinski definition) is 10. The van der Waals surface area contributed by atoms with Crippen LogP contribution in [-0.2, 0) is 30.6 Å². The number of nitrogen functional groups attached to an aromatic ring is 1. The van der Waals surface area contributed by atoms with E-state index < -0.39 is 67.6 Å². The standard InChI is InChI=1S/C26H30F3N4O7PS/c1-14(2)38-23(35)15(3)32-41(42,40-18-10-6-8-16-7-4-5-9-17(16)18)37-13-26(24(28)29)21(34)20(27)22(39-26)33-12-11-19(30)31-25(33)36/h4-12,14-15,20-22,24,34H,13H2,1-3H3,(H,32,42)(H2,30,31,36)/t15-,20+,21-,22+,26+,41?/m0/s1. The summed E-state index contributed by atoms with van der Waals surface area (Å²) in [6.45, 7) is -0.434. The van der Waals surface area contributed by atoms with Crippen LogP contribution in [0, 0.1) is 0 Å². The van der Waals surface area contributed by atoms with Gasteiger partial charge in [-0.25, -0.2) is 23.1 Å². The number of nitrogens with two attached hydrogens (primary N) is 1. The van der Waals surface area contributed by atoms with Crippen molar-refractivity contribution in [1.29, 1.82) is 0 Å². The Labute approximate surface area is 244 Å². The van der Waals surface area contributed by atoms with Crippen LogP contribution < -0.4 is 21.0 Å². The number of anilines is 1. The minimum Gasteiger partial charge on any atom is -0.462 e. The Balaban J connectivity index is 1.67. The molecule has 1 aliphatic rings. The van der Waals surface area contributed by atoms with E-state index in [1.54, 1.807) is 44.2 Å². The summed E-state index contributed by atoms with van der Waals surface area (Å²) in [7, 11) is 0. The highest BCUT2D eigenvalue weighted by Gasteiger charge is 2.62. The molecule has 1 aliphatic heterocycles. The summed E-state index contributed by atoms with van der Waals surface area (Å²) >= 11 is 5.65. The van der Waals surface area contributed by atoms with E-state index in [4.69, 9.17) is 36.1 Å². The molecular weight excluding hydrogens is 600 g/mol. The second-order valence-electron chi connectivity index (χ2n) is 9.87. The van der Waals surface area contributed by atoms with Gasteiger partial charge >= 0.3 is 18.3 Å². The molecule has 42 heavy (non-hydrogen) atoms. The van der Waals surface area contributed by atoms with Crippen LogP contribution in [0.2, 0.25) is 0 Å². The molecule has 228 valence electrons. The molecule has 4 N–H and O–H groups in total. The number of ether oxygens (including phenoxy) is 2. The molecule has 0 amide bonds. The normalized spacial score (nSPS) is 24.5. The Morgan fingerprint density at radius 3 is 2.60 bits per heavy atom. The second kappa shape index (κ2) is 12.7. The fourth-order valence-electron chi connectivity index (χ4n) is 4.28. The minimum absolute atomic E-state index is 0.184. The Kier molecular flexibility index (Phi) is 9.60. The van der Waals surface area contributed by atoms with Gasteiger partial charge in [0.1, 0.15) is 23.7 Å². The van der Waals surface area contributed by atoms with Crippen LogP contribution in [0.4, 0.5) is 19.0 Å². The molecule has 1 fully saturated rings. The van der Waals surface area contributed by atoms with Gasteiger partial charge in [0.15, 0.2) is 18.0 Å². The predicted octanol–water partition coefficient (Wildman–Crippen LogP) is 3.46. The molecule has 0 aliphatic carbocycles. The number of alkyl halides is 3. The van der Waals surface area contributed by atoms with Gasteiger partial charge in [-0.15, -0.1) is 0 Å². The van der Waals surface area contributed by atoms with Gasteiger partial charge in [0.25, 0.3) is 6.43 Å². The number of benzene rings is 2. The SMILES string of the molecule is CC(C)OC(=O)[C@H](C)NP(=S)(OC[C@@]1(C(F)F)O[C@@H](n2ccc(N)nc2=O)[C@H](F)[C@@H]1O)Oc1cccc2ccccc12. The smallest absolute Gasteiger partial charge is 0.351 e. The Hall–Kier alpha value is -3.07. The lowest BCUT2D eigenvalue weighted by atomic mass is 9.97. The number of rotatable bonds is 11. The molecule has 0 radical (unpaired) electrons. The summed E-state index contributed by atoms with van der Waals surface area (Å²) in [6, 6.07) is 12.2. The van der Waals surface area contributed by atoms with Gasteiger partial charge in [-0.1, -0.05) is 36.4 Å². The van der Waals surface area contributed by atoms with E-state index in [0.717, 1.165) is 17.6 Å². The predicted molar refractivity (Wildman–Crippen MR) is 151 cm³/mol. The summed E-state index contributed by atoms with van der Waals surface area (Å²) < 4.78 is 67.4. The number of fused-ring (bicyclic) bond motifs is 1. The average Bonchev–Trinajstić information content (AvgIpc) is 3.18. The van der Waals surface area contributed by atoms with Gasteiger partial charge in [-0.05, 0) is 50.1 Å². The lowest BCUT2D eigenvalue weighted by Gasteiger charge is -2.34. The Morgan fingerprint density at radius 1 is 1.24 bits per heavy atom. The number of carbonyl (C=O) groups excluding carboxylic acids is 1. The molecule has 1 saturated heterocycles. The number of nitrogens with one attached hydrogen (secondary N) is 1. The van der Waals surface area contributed by atoms with Crippen LogP contribution in [0.1, 0.15) is 27.0 Å². The van der Waals surface area contributed by atoms with E-state index in [1.807, 2.05) is 12.1 Å². The van der Waals surface area contributed by atoms with Gasteiger partial charge in [0.05, 0.1) is 12.7 Å². The molecule has 1 aromatic heterocycles. The van der Waals surface area contributed by atoms with Crippen molar-refractivity contribution in [3.63, 3.8) is 0 Å². The molecule has 16 heteroatoms. The molecule has 2 aromatic carbocycles. The summed E-state index contributed by atoms with van der Waals surface area (Å²) in [5.41, 5.74) is 1.40. The third-order valence-electron chi connectivity index (χ3n) is 6.40. The number of aliphatic hydroxyl groups excluding tert-OH is 1. The molecule has 0 saturated carbocycles. The number of nitrogens with zero attached hydrogens (tertiary/aromatic N) is 2. The quantitative estimate of drug-likeness (QED) is 0.211. The molecule has 0 bridgehead atoms. The molecule has 4 rings (SSSR count). The average molecular weight is 631 g/mol. The zero-order valence-corrected chi connectivity index (χ0v) is 24.4. The van der Waals surface area contributed by atoms with Crippen molar-refractivity contribution in [3.05, 3.63) is 65.2 Å². The molecule has 3 aromatic rings. The third-order valence-corrected chi connectivity index (χ3v) is 8.86. The Morgan fingerprint density at radius 2 is 1.93 bits per heavy atom. The van der Waals surface area contributed by atoms with Gasteiger partial charge < -0.3 is 29.4 Å². The van der Waals surface area contributed by atoms with Gasteiger partial charge in [-0.3, -0.25) is 9.36 Å². The maximum absolute atomic E-state index is 15.3. The van der Waals surface area contributed by atoms with Crippen molar-refractivity contribution >= 4 is 41.0 Å². The highest BCUT2D eigenvalue weighted by atomic mass is 32.5. The van der Waals surface area contributed by atoms with Gasteiger partial charge in [-0.2, -0.15) is 4.98 Å². The highest BCUT2D eigenvalue weighted by Crippen LogP contribution is 2.50. The molecule has 6 atom stereocenters. The van der Waals surface area contributed by atoms with Gasteiger partial charge in [0.2, 0.25) is 0 Å². The van der Waals surface area contributed by atoms with E-state index in [0.29, 0.717) is 9.95 Å². The van der Waals surface area contributed by atoms with Crippen molar-refractivity contribution < 1.29 is 41.6 Å². The Bertz CT molecular complexity index is 1540. The van der Waals surface area contributed by atoms with E-state index in [2.05, 4.69) is 10.1 Å². The van der Waals surface area contributed by atoms with Crippen molar-refractivity contribution in [2.24, 2.45) is 0 Å². The summed E-state index contributed by atoms with van der Waals surface area (Å²) in [6.07, 6.45) is -9.91. The summed E-state index contributed by atoms with van der Waals surface area (Å²) in [5.74, 6) is -0.687. The molecule has 2 heterocycles. The molecular formula is C26H30F3N4O7PS. The van der Waals surface area contributed by atoms with Crippen LogP contribution in [0.3, 0.4) is 0 Å². The van der Waals surface area contributed by atoms with E-state index in [-0.39, 0.29) is 11.6 Å². The van der Waals surface area contributed by atoms with Crippen LogP contribution in [0.5, 0.6) is 5.75 Å². The molecule has 1 unspecified atom stereocenters. The van der Waals surface area contributed by atoms with Crippen LogP contribution >= 0.6 is 6.64 Å². The van der Waals surface area contributed by atoms with Crippen LogP contribution in [-0.4, -0.2) is 63.7 Å². The van der Waals surface area contributed by atoms with Crippen molar-refractivity contribution in [2.75, 3.05) is 12.3 Å². The first-order valence-corrected chi connectivity index (χ1v) is 15.4. The van der Waals surface area contributed by atoms with Crippen molar-refractivity contribution in [3.8, 4) is 5.75 Å². The lowest BCUT2D eigenvalue weighted by Crippen LogP contribution is -2.52. The highest BCUT2D eigenvalue weighted by molar-refractivity contribution is 8.09. The first kappa shape index (κ1) is 31.9. The zero-order chi connectivity index (χ0) is 30.8. The second-order valence-corrected chi connectivity index (χ2v) is 13.0. The number of esters is 1. The number of halogens is 3. The molecule has 11 nitrogen and oxygen atoms in total. The maximum atomic E-state index is 15.3. The number of aliphatic hydroxyl groups is 1. The van der Waals surface area contributed by atoms with E-state index in [9.17, 15) is 23.5 Å². The monoisotopic (exact) mass is 630 g/mol. The van der Waals surface area contributed by atoms with Gasteiger partial charge in [0, 0.05) is 11.6 Å². The maximum Gasteiger partial charge on any atom is 0.351 e. The minimum atomic E-state index is -3.95. The number of carbonyl (C=O) groups is 1. The van der Waals surface area contributed by atoms with E-state index in [1.165, 1.54) is 6.92 Å². The summed E-state index contributed by atoms with van der Waals surface area (Å²) in [5, 5.41) is 14.8. The summed E-state index contributed by atoms with van der Waals surface area (Å²) in [4.78, 5) is 28.3. The fourth-order valence-corrected chi connectivity index (χ4v) is 6.71. The van der Waals surface area contributed by atoms with Crippen LogP contribution in [0.15, 0.2) is 59.5 Å². The largest absolute Gasteiger partial charge is 0.462 e. The van der Waals surface area contributed by atoms with Crippen molar-refractivity contribution in [1.82, 2.24) is 14.6 Å². The number of hydrogen-bond donors (Lipinski definition) is 3. The van der Waals surface area contributed by atoms with Crippen LogP contribution in [0.25, 0.3) is 10.8 Å². The first-order valence-electron chi connectivity index (χ1n) is 12.8. The topological polar surface area (TPSA) is 147 Å². The zero-order valence-electron chi connectivity index (χ0n) is 22.7. The van der Waals surface area contributed by atoms with Crippen molar-refractivity contribution in [2.45, 2.75) is 63.4 Å².